The van der Waals surface area contributed by atoms with Gasteiger partial charge in [0, 0.05) is 6.07 Å². The molecule has 2 heterocycles. The van der Waals surface area contributed by atoms with E-state index in [1.165, 1.54) is 6.07 Å². The molecule has 0 aliphatic carbocycles. The molecule has 1 aromatic carbocycles. The zero-order valence-corrected chi connectivity index (χ0v) is 12.0. The standard InChI is InChI=1S/C15H8F4N2O3/c1-6-2-3-9(24-6)14-13(20-5-23-14)15(22)21-12-10(18)7(16)4-8(17)11(12)19/h2-5H,1H3,(H,21,22). The normalized spacial score (nSPS) is 10.9. The van der Waals surface area contributed by atoms with Crippen LogP contribution in [-0.2, 0) is 0 Å². The van der Waals surface area contributed by atoms with Crippen molar-refractivity contribution >= 4 is 11.6 Å². The van der Waals surface area contributed by atoms with E-state index >= 15 is 0 Å². The SMILES string of the molecule is Cc1ccc(-c2ocnc2C(=O)Nc2c(F)c(F)cc(F)c2F)o1. The van der Waals surface area contributed by atoms with Gasteiger partial charge in [0.1, 0.15) is 11.4 Å². The lowest BCUT2D eigenvalue weighted by Crippen LogP contribution is -2.17. The second kappa shape index (κ2) is 5.84. The molecule has 0 atom stereocenters. The molecule has 0 saturated carbocycles. The van der Waals surface area contributed by atoms with Crippen LogP contribution in [0.25, 0.3) is 11.5 Å². The van der Waals surface area contributed by atoms with Crippen LogP contribution in [0.4, 0.5) is 23.2 Å². The number of amides is 1. The monoisotopic (exact) mass is 340 g/mol. The number of carbonyl (C=O) groups is 1. The summed E-state index contributed by atoms with van der Waals surface area (Å²) in [7, 11) is 0. The van der Waals surface area contributed by atoms with Crippen LogP contribution in [0.3, 0.4) is 0 Å². The minimum absolute atomic E-state index is 0.0352. The quantitative estimate of drug-likeness (QED) is 0.577. The summed E-state index contributed by atoms with van der Waals surface area (Å²) in [6.07, 6.45) is 0.918. The number of carbonyl (C=O) groups excluding carboxylic acids is 1. The fourth-order valence-electron chi connectivity index (χ4n) is 1.99. The van der Waals surface area contributed by atoms with Gasteiger partial charge in [-0.15, -0.1) is 0 Å². The molecule has 1 amide bonds. The zero-order valence-electron chi connectivity index (χ0n) is 12.0. The van der Waals surface area contributed by atoms with Gasteiger partial charge in [0.2, 0.25) is 5.76 Å². The lowest BCUT2D eigenvalue weighted by atomic mass is 10.2. The number of benzene rings is 1. The first-order valence-corrected chi connectivity index (χ1v) is 6.53. The lowest BCUT2D eigenvalue weighted by Gasteiger charge is -2.08. The molecule has 0 saturated heterocycles. The predicted octanol–water partition coefficient (Wildman–Crippen LogP) is 4.05. The van der Waals surface area contributed by atoms with Gasteiger partial charge in [0.15, 0.2) is 41.1 Å². The fourth-order valence-corrected chi connectivity index (χ4v) is 1.99. The van der Waals surface area contributed by atoms with Crippen LogP contribution >= 0.6 is 0 Å². The molecular formula is C15H8F4N2O3. The number of hydrogen-bond acceptors (Lipinski definition) is 4. The number of furan rings is 1. The molecule has 0 aliphatic rings. The van der Waals surface area contributed by atoms with Gasteiger partial charge in [-0.2, -0.15) is 0 Å². The maximum Gasteiger partial charge on any atom is 0.278 e. The van der Waals surface area contributed by atoms with Gasteiger partial charge >= 0.3 is 0 Å². The first-order valence-electron chi connectivity index (χ1n) is 6.53. The van der Waals surface area contributed by atoms with Crippen LogP contribution < -0.4 is 5.32 Å². The van der Waals surface area contributed by atoms with Crippen molar-refractivity contribution in [3.63, 3.8) is 0 Å². The van der Waals surface area contributed by atoms with E-state index in [4.69, 9.17) is 8.83 Å². The average molecular weight is 340 g/mol. The molecule has 0 radical (unpaired) electrons. The highest BCUT2D eigenvalue weighted by atomic mass is 19.2. The van der Waals surface area contributed by atoms with Crippen LogP contribution in [0.2, 0.25) is 0 Å². The van der Waals surface area contributed by atoms with Crippen LogP contribution in [0.15, 0.2) is 33.4 Å². The molecule has 1 N–H and O–H groups in total. The predicted molar refractivity (Wildman–Crippen MR) is 73.2 cm³/mol. The maximum absolute atomic E-state index is 13.6. The van der Waals surface area contributed by atoms with Gasteiger partial charge in [-0.25, -0.2) is 22.5 Å². The Labute approximate surface area is 131 Å². The summed E-state index contributed by atoms with van der Waals surface area (Å²) in [5.41, 5.74) is -1.63. The van der Waals surface area contributed by atoms with Crippen molar-refractivity contribution in [1.29, 1.82) is 0 Å². The Bertz CT molecular complexity index is 907. The van der Waals surface area contributed by atoms with Crippen LogP contribution in [0, 0.1) is 30.2 Å². The highest BCUT2D eigenvalue weighted by molar-refractivity contribution is 6.06. The molecule has 3 aromatic rings. The van der Waals surface area contributed by atoms with Crippen molar-refractivity contribution in [2.75, 3.05) is 5.32 Å². The fraction of sp³-hybridized carbons (Fsp3) is 0.0667. The maximum atomic E-state index is 13.6. The highest BCUT2D eigenvalue weighted by Crippen LogP contribution is 2.28. The number of oxazole rings is 1. The Morgan fingerprint density at radius 3 is 2.38 bits per heavy atom. The Morgan fingerprint density at radius 2 is 1.79 bits per heavy atom. The smallest absolute Gasteiger partial charge is 0.278 e. The molecule has 124 valence electrons. The van der Waals surface area contributed by atoms with Gasteiger partial charge in [-0.1, -0.05) is 0 Å². The van der Waals surface area contributed by atoms with Gasteiger partial charge in [0.05, 0.1) is 0 Å². The number of hydrogen-bond donors (Lipinski definition) is 1. The van der Waals surface area contributed by atoms with E-state index in [1.54, 1.807) is 18.3 Å². The van der Waals surface area contributed by atoms with Crippen molar-refractivity contribution in [2.24, 2.45) is 0 Å². The highest BCUT2D eigenvalue weighted by Gasteiger charge is 2.25. The minimum atomic E-state index is -1.74. The van der Waals surface area contributed by atoms with Crippen molar-refractivity contribution in [1.82, 2.24) is 4.98 Å². The Hall–Kier alpha value is -3.10. The van der Waals surface area contributed by atoms with E-state index in [1.807, 2.05) is 0 Å². The summed E-state index contributed by atoms with van der Waals surface area (Å²) in [5, 5.41) is 1.75. The third-order valence-corrected chi connectivity index (χ3v) is 3.10. The number of halogens is 4. The number of aryl methyl sites for hydroxylation is 1. The number of nitrogens with zero attached hydrogens (tertiary/aromatic N) is 1. The van der Waals surface area contributed by atoms with E-state index in [-0.39, 0.29) is 23.3 Å². The number of aromatic nitrogens is 1. The van der Waals surface area contributed by atoms with Crippen molar-refractivity contribution in [2.45, 2.75) is 6.92 Å². The van der Waals surface area contributed by atoms with Crippen LogP contribution in [0.5, 0.6) is 0 Å². The number of anilines is 1. The van der Waals surface area contributed by atoms with E-state index in [9.17, 15) is 22.4 Å². The molecule has 5 nitrogen and oxygen atoms in total. The molecule has 0 bridgehead atoms. The first-order chi connectivity index (χ1) is 11.4. The minimum Gasteiger partial charge on any atom is -0.458 e. The van der Waals surface area contributed by atoms with Gasteiger partial charge in [-0.3, -0.25) is 4.79 Å². The van der Waals surface area contributed by atoms with Crippen LogP contribution in [-0.4, -0.2) is 10.9 Å². The Kier molecular flexibility index (Phi) is 3.84. The third kappa shape index (κ3) is 2.64. The van der Waals surface area contributed by atoms with Crippen LogP contribution in [0.1, 0.15) is 16.2 Å². The second-order valence-corrected chi connectivity index (χ2v) is 4.74. The summed E-state index contributed by atoms with van der Waals surface area (Å²) in [6.45, 7) is 1.65. The molecular weight excluding hydrogens is 332 g/mol. The van der Waals surface area contributed by atoms with E-state index < -0.39 is 34.9 Å². The van der Waals surface area contributed by atoms with E-state index in [2.05, 4.69) is 4.98 Å². The summed E-state index contributed by atoms with van der Waals surface area (Å²) in [5.74, 6) is -7.31. The number of nitrogens with one attached hydrogen (secondary N) is 1. The van der Waals surface area contributed by atoms with Crippen molar-refractivity contribution < 1.29 is 31.2 Å². The van der Waals surface area contributed by atoms with Crippen molar-refractivity contribution in [3.05, 3.63) is 59.3 Å². The third-order valence-electron chi connectivity index (χ3n) is 3.10. The first kappa shape index (κ1) is 15.8. The summed E-state index contributed by atoms with van der Waals surface area (Å²) >= 11 is 0. The second-order valence-electron chi connectivity index (χ2n) is 4.74. The molecule has 0 aliphatic heterocycles. The molecule has 0 unspecified atom stereocenters. The largest absolute Gasteiger partial charge is 0.458 e. The Morgan fingerprint density at radius 1 is 1.12 bits per heavy atom. The molecule has 3 rings (SSSR count). The van der Waals surface area contributed by atoms with Gasteiger partial charge in [0.25, 0.3) is 5.91 Å². The lowest BCUT2D eigenvalue weighted by molar-refractivity contribution is 0.102. The average Bonchev–Trinajstić information content (AvgIpc) is 3.17. The number of rotatable bonds is 3. The summed E-state index contributed by atoms with van der Waals surface area (Å²) in [4.78, 5) is 15.8. The van der Waals surface area contributed by atoms with E-state index in [0.717, 1.165) is 6.39 Å². The topological polar surface area (TPSA) is 68.3 Å². The van der Waals surface area contributed by atoms with Crippen molar-refractivity contribution in [3.8, 4) is 11.5 Å². The Balaban J connectivity index is 1.97. The zero-order chi connectivity index (χ0) is 17.4. The molecule has 0 spiro atoms. The van der Waals surface area contributed by atoms with E-state index in [0.29, 0.717) is 5.76 Å². The summed E-state index contributed by atoms with van der Waals surface area (Å²) in [6, 6.07) is 3.13. The van der Waals surface area contributed by atoms with Gasteiger partial charge < -0.3 is 14.2 Å². The molecule has 0 fully saturated rings. The van der Waals surface area contributed by atoms with Gasteiger partial charge in [-0.05, 0) is 19.1 Å². The molecule has 2 aromatic heterocycles. The summed E-state index contributed by atoms with van der Waals surface area (Å²) < 4.78 is 63.9. The molecule has 9 heteroatoms. The molecule has 24 heavy (non-hydrogen) atoms.